The van der Waals surface area contributed by atoms with E-state index in [4.69, 9.17) is 15.9 Å². The van der Waals surface area contributed by atoms with Gasteiger partial charge < -0.3 is 31.9 Å². The standard InChI is InChI=1S/C18H24N4O7S/c19-8-14(23)20-13(9-30)17(27)21-11(6-10-4-2-1-3-5-10)16(26)22-12(18(28)29)7-15(24)25/h1-5,11-13,30H,6-9,19H2,(H,20,23)(H,21,27)(H,22,26)(H,24,25)(H,28,29). The van der Waals surface area contributed by atoms with Gasteiger partial charge in [0.25, 0.3) is 0 Å². The predicted octanol–water partition coefficient (Wildman–Crippen LogP) is -1.87. The Morgan fingerprint density at radius 3 is 1.97 bits per heavy atom. The van der Waals surface area contributed by atoms with Crippen molar-refractivity contribution in [1.82, 2.24) is 16.0 Å². The van der Waals surface area contributed by atoms with E-state index in [1.54, 1.807) is 30.3 Å². The second-order valence-electron chi connectivity index (χ2n) is 6.25. The van der Waals surface area contributed by atoms with Crippen LogP contribution in [0.2, 0.25) is 0 Å². The molecule has 7 N–H and O–H groups in total. The van der Waals surface area contributed by atoms with Crippen LogP contribution in [0.25, 0.3) is 0 Å². The van der Waals surface area contributed by atoms with Gasteiger partial charge >= 0.3 is 11.9 Å². The molecular formula is C18H24N4O7S. The van der Waals surface area contributed by atoms with Crippen LogP contribution in [0.1, 0.15) is 12.0 Å². The molecular weight excluding hydrogens is 416 g/mol. The zero-order chi connectivity index (χ0) is 22.7. The molecule has 0 aliphatic carbocycles. The second kappa shape index (κ2) is 12.4. The molecule has 1 rings (SSSR count). The van der Waals surface area contributed by atoms with Crippen LogP contribution >= 0.6 is 12.6 Å². The predicted molar refractivity (Wildman–Crippen MR) is 109 cm³/mol. The van der Waals surface area contributed by atoms with Gasteiger partial charge in [0.15, 0.2) is 0 Å². The molecule has 30 heavy (non-hydrogen) atoms. The monoisotopic (exact) mass is 440 g/mol. The van der Waals surface area contributed by atoms with Crippen LogP contribution in [-0.2, 0) is 30.4 Å². The van der Waals surface area contributed by atoms with Crippen molar-refractivity contribution in [3.8, 4) is 0 Å². The highest BCUT2D eigenvalue weighted by Crippen LogP contribution is 2.06. The zero-order valence-corrected chi connectivity index (χ0v) is 16.8. The summed E-state index contributed by atoms with van der Waals surface area (Å²) in [5.41, 5.74) is 5.88. The van der Waals surface area contributed by atoms with Gasteiger partial charge in [-0.25, -0.2) is 4.79 Å². The molecule has 0 aliphatic rings. The second-order valence-corrected chi connectivity index (χ2v) is 6.62. The minimum absolute atomic E-state index is 0.00194. The van der Waals surface area contributed by atoms with Crippen molar-refractivity contribution in [2.24, 2.45) is 5.73 Å². The topological polar surface area (TPSA) is 188 Å². The maximum absolute atomic E-state index is 12.7. The van der Waals surface area contributed by atoms with Crippen LogP contribution < -0.4 is 21.7 Å². The van der Waals surface area contributed by atoms with Crippen LogP contribution in [-0.4, -0.2) is 70.3 Å². The Morgan fingerprint density at radius 1 is 0.900 bits per heavy atom. The van der Waals surface area contributed by atoms with Crippen molar-refractivity contribution in [1.29, 1.82) is 0 Å². The highest BCUT2D eigenvalue weighted by Gasteiger charge is 2.30. The number of hydrogen-bond donors (Lipinski definition) is 7. The van der Waals surface area contributed by atoms with Crippen molar-refractivity contribution in [2.75, 3.05) is 12.3 Å². The molecule has 3 amide bonds. The largest absolute Gasteiger partial charge is 0.481 e. The molecule has 0 spiro atoms. The first-order valence-corrected chi connectivity index (χ1v) is 9.50. The lowest BCUT2D eigenvalue weighted by molar-refractivity contribution is -0.147. The Morgan fingerprint density at radius 2 is 1.47 bits per heavy atom. The van der Waals surface area contributed by atoms with E-state index in [-0.39, 0.29) is 18.7 Å². The molecule has 1 aromatic carbocycles. The van der Waals surface area contributed by atoms with Gasteiger partial charge in [-0.1, -0.05) is 30.3 Å². The first kappa shape index (κ1) is 24.9. The molecule has 1 aromatic rings. The molecule has 0 fully saturated rings. The number of carbonyl (C=O) groups is 5. The normalized spacial score (nSPS) is 13.4. The van der Waals surface area contributed by atoms with Gasteiger partial charge in [0.2, 0.25) is 17.7 Å². The number of thiol groups is 1. The summed E-state index contributed by atoms with van der Waals surface area (Å²) in [6.07, 6.45) is -0.832. The van der Waals surface area contributed by atoms with E-state index in [0.717, 1.165) is 0 Å². The molecule has 0 bridgehead atoms. The number of carboxylic acids is 2. The van der Waals surface area contributed by atoms with Crippen molar-refractivity contribution in [3.05, 3.63) is 35.9 Å². The summed E-state index contributed by atoms with van der Waals surface area (Å²) >= 11 is 4.00. The number of amides is 3. The third-order valence-corrected chi connectivity index (χ3v) is 4.29. The van der Waals surface area contributed by atoms with Gasteiger partial charge in [0.05, 0.1) is 13.0 Å². The maximum Gasteiger partial charge on any atom is 0.326 e. The van der Waals surface area contributed by atoms with E-state index in [0.29, 0.717) is 5.56 Å². The number of nitrogens with one attached hydrogen (secondary N) is 3. The molecule has 3 atom stereocenters. The van der Waals surface area contributed by atoms with E-state index in [9.17, 15) is 24.0 Å². The van der Waals surface area contributed by atoms with Crippen molar-refractivity contribution in [2.45, 2.75) is 31.0 Å². The lowest BCUT2D eigenvalue weighted by Crippen LogP contribution is -2.57. The molecule has 0 aromatic heterocycles. The number of carbonyl (C=O) groups excluding carboxylic acids is 3. The minimum Gasteiger partial charge on any atom is -0.481 e. The van der Waals surface area contributed by atoms with Crippen molar-refractivity contribution >= 4 is 42.3 Å². The number of hydrogen-bond acceptors (Lipinski definition) is 7. The summed E-state index contributed by atoms with van der Waals surface area (Å²) < 4.78 is 0. The molecule has 11 nitrogen and oxygen atoms in total. The Balaban J connectivity index is 3.01. The number of rotatable bonds is 12. The Labute approximate surface area is 177 Å². The Hall–Kier alpha value is -3.12. The van der Waals surface area contributed by atoms with Crippen molar-refractivity contribution < 1.29 is 34.2 Å². The van der Waals surface area contributed by atoms with E-state index < -0.39 is 54.2 Å². The summed E-state index contributed by atoms with van der Waals surface area (Å²) in [6.45, 7) is -0.346. The lowest BCUT2D eigenvalue weighted by Gasteiger charge is -2.23. The number of carboxylic acid groups (broad SMARTS) is 2. The minimum atomic E-state index is -1.68. The molecule has 0 saturated heterocycles. The van der Waals surface area contributed by atoms with Crippen LogP contribution in [0, 0.1) is 0 Å². The van der Waals surface area contributed by atoms with Gasteiger partial charge in [0.1, 0.15) is 18.1 Å². The first-order valence-electron chi connectivity index (χ1n) is 8.87. The molecule has 12 heteroatoms. The van der Waals surface area contributed by atoms with E-state index in [1.165, 1.54) is 0 Å². The quantitative estimate of drug-likeness (QED) is 0.184. The van der Waals surface area contributed by atoms with Crippen LogP contribution in [0.5, 0.6) is 0 Å². The third kappa shape index (κ3) is 8.49. The Kier molecular flexibility index (Phi) is 10.3. The molecule has 0 radical (unpaired) electrons. The smallest absolute Gasteiger partial charge is 0.326 e. The van der Waals surface area contributed by atoms with Gasteiger partial charge in [-0.05, 0) is 5.56 Å². The third-order valence-electron chi connectivity index (χ3n) is 3.93. The summed E-state index contributed by atoms with van der Waals surface area (Å²) in [5.74, 6) is -5.23. The molecule has 0 saturated carbocycles. The van der Waals surface area contributed by atoms with Gasteiger partial charge in [-0.2, -0.15) is 12.6 Å². The average Bonchev–Trinajstić information content (AvgIpc) is 2.70. The molecule has 164 valence electrons. The summed E-state index contributed by atoms with van der Waals surface area (Å²) in [5, 5.41) is 24.9. The molecule has 0 heterocycles. The summed E-state index contributed by atoms with van der Waals surface area (Å²) in [4.78, 5) is 58.7. The fourth-order valence-electron chi connectivity index (χ4n) is 2.43. The number of aliphatic carboxylic acids is 2. The van der Waals surface area contributed by atoms with Crippen molar-refractivity contribution in [3.63, 3.8) is 0 Å². The molecule has 0 aliphatic heterocycles. The SMILES string of the molecule is NCC(=O)NC(CS)C(=O)NC(Cc1ccccc1)C(=O)NC(CC(=O)O)C(=O)O. The lowest BCUT2D eigenvalue weighted by atomic mass is 10.0. The summed E-state index contributed by atoms with van der Waals surface area (Å²) in [6, 6.07) is 4.60. The fraction of sp³-hybridized carbons (Fsp3) is 0.389. The molecule has 3 unspecified atom stereocenters. The number of nitrogens with two attached hydrogens (primary N) is 1. The van der Waals surface area contributed by atoms with E-state index >= 15 is 0 Å². The van der Waals surface area contributed by atoms with E-state index in [1.807, 2.05) is 0 Å². The van der Waals surface area contributed by atoms with Crippen LogP contribution in [0.4, 0.5) is 0 Å². The zero-order valence-electron chi connectivity index (χ0n) is 15.9. The van der Waals surface area contributed by atoms with Gasteiger partial charge in [-0.3, -0.25) is 19.2 Å². The number of benzene rings is 1. The highest BCUT2D eigenvalue weighted by atomic mass is 32.1. The van der Waals surface area contributed by atoms with Gasteiger partial charge in [0, 0.05) is 12.2 Å². The first-order chi connectivity index (χ1) is 14.2. The average molecular weight is 440 g/mol. The summed E-state index contributed by atoms with van der Waals surface area (Å²) in [7, 11) is 0. The Bertz CT molecular complexity index is 775. The van der Waals surface area contributed by atoms with E-state index in [2.05, 4.69) is 28.6 Å². The van der Waals surface area contributed by atoms with Crippen LogP contribution in [0.15, 0.2) is 30.3 Å². The highest BCUT2D eigenvalue weighted by molar-refractivity contribution is 7.80. The van der Waals surface area contributed by atoms with Gasteiger partial charge in [-0.15, -0.1) is 0 Å². The fourth-order valence-corrected chi connectivity index (χ4v) is 2.68. The maximum atomic E-state index is 12.7. The van der Waals surface area contributed by atoms with Crippen LogP contribution in [0.3, 0.4) is 0 Å².